The number of amides is 1. The molecule has 2 N–H and O–H groups in total. The third-order valence-electron chi connectivity index (χ3n) is 3.47. The van der Waals surface area contributed by atoms with Crippen LogP contribution in [0.1, 0.15) is 11.1 Å². The second-order valence-electron chi connectivity index (χ2n) is 6.07. The van der Waals surface area contributed by atoms with E-state index in [0.717, 1.165) is 12.5 Å². The van der Waals surface area contributed by atoms with Gasteiger partial charge in [0.05, 0.1) is 35.9 Å². The zero-order valence-corrected chi connectivity index (χ0v) is 17.8. The summed E-state index contributed by atoms with van der Waals surface area (Å²) in [5.74, 6) is -0.386. The highest BCUT2D eigenvalue weighted by atomic mass is 35.5. The van der Waals surface area contributed by atoms with Gasteiger partial charge in [-0.05, 0) is 35.9 Å². The van der Waals surface area contributed by atoms with Crippen LogP contribution in [0.15, 0.2) is 47.6 Å². The number of rotatable bonds is 7. The molecule has 0 aliphatic carbocycles. The first kappa shape index (κ1) is 22.7. The maximum atomic E-state index is 11.9. The van der Waals surface area contributed by atoms with Gasteiger partial charge in [0.25, 0.3) is 0 Å². The summed E-state index contributed by atoms with van der Waals surface area (Å²) in [6.45, 7) is 0. The zero-order chi connectivity index (χ0) is 21.8. The lowest BCUT2D eigenvalue weighted by molar-refractivity contribution is -0.120. The van der Waals surface area contributed by atoms with Crippen molar-refractivity contribution in [2.75, 3.05) is 16.2 Å². The molecule has 12 heteroatoms. The number of hydrazone groups is 1. The van der Waals surface area contributed by atoms with E-state index in [1.54, 1.807) is 12.1 Å². The molecule has 0 radical (unpaired) electrons. The number of hydrogen-bond acceptors (Lipinski definition) is 7. The van der Waals surface area contributed by atoms with E-state index in [1.165, 1.54) is 36.5 Å². The summed E-state index contributed by atoms with van der Waals surface area (Å²) in [6, 6.07) is 10.0. The van der Waals surface area contributed by atoms with Crippen molar-refractivity contribution in [3.8, 4) is 5.75 Å². The number of phenolic OH excluding ortho intramolecular Hbond substituents is 1. The van der Waals surface area contributed by atoms with E-state index in [2.05, 4.69) is 10.5 Å². The van der Waals surface area contributed by atoms with Crippen molar-refractivity contribution < 1.29 is 26.7 Å². The van der Waals surface area contributed by atoms with E-state index in [4.69, 9.17) is 11.6 Å². The second kappa shape index (κ2) is 8.80. The fourth-order valence-corrected chi connectivity index (χ4v) is 5.61. The van der Waals surface area contributed by atoms with Crippen LogP contribution in [0.5, 0.6) is 5.75 Å². The number of phenols is 1. The van der Waals surface area contributed by atoms with Crippen molar-refractivity contribution in [1.82, 2.24) is 5.43 Å². The highest BCUT2D eigenvalue weighted by molar-refractivity contribution is 8.09. The van der Waals surface area contributed by atoms with Crippen molar-refractivity contribution in [2.45, 2.75) is 6.42 Å². The third-order valence-corrected chi connectivity index (χ3v) is 7.04. The molecule has 2 aromatic carbocycles. The molecule has 29 heavy (non-hydrogen) atoms. The van der Waals surface area contributed by atoms with E-state index < -0.39 is 26.0 Å². The fraction of sp³-hybridized carbons (Fsp3) is 0.176. The molecule has 0 fully saturated rings. The molecule has 0 spiro atoms. The number of carbonyl (C=O) groups is 1. The number of aromatic hydroxyl groups is 1. The minimum atomic E-state index is -4.09. The molecule has 0 heterocycles. The predicted octanol–water partition coefficient (Wildman–Crippen LogP) is 1.46. The Hall–Kier alpha value is -2.63. The average molecular weight is 460 g/mol. The van der Waals surface area contributed by atoms with Crippen molar-refractivity contribution in [1.29, 1.82) is 0 Å². The van der Waals surface area contributed by atoms with Crippen LogP contribution in [0, 0.1) is 0 Å². The number of nitrogens with zero attached hydrogens (tertiary/aromatic N) is 2. The average Bonchev–Trinajstić information content (AvgIpc) is 2.54. The third kappa shape index (κ3) is 6.44. The van der Waals surface area contributed by atoms with Gasteiger partial charge < -0.3 is 5.11 Å². The van der Waals surface area contributed by atoms with Gasteiger partial charge in [-0.2, -0.15) is 8.81 Å². The van der Waals surface area contributed by atoms with Gasteiger partial charge in [0.2, 0.25) is 26.0 Å². The van der Waals surface area contributed by atoms with Crippen LogP contribution < -0.4 is 9.14 Å². The van der Waals surface area contributed by atoms with Gasteiger partial charge in [-0.3, -0.25) is 4.79 Å². The lowest BCUT2D eigenvalue weighted by Crippen LogP contribution is -2.35. The molecule has 1 amide bonds. The summed E-state index contributed by atoms with van der Waals surface area (Å²) in [7, 11) is -8.18. The van der Waals surface area contributed by atoms with Crippen LogP contribution in [-0.2, 0) is 31.3 Å². The summed E-state index contributed by atoms with van der Waals surface area (Å²) in [6.07, 6.45) is 2.76. The molecule has 9 nitrogen and oxygen atoms in total. The van der Waals surface area contributed by atoms with Crippen molar-refractivity contribution in [3.05, 3.63) is 58.6 Å². The number of nitrogens with one attached hydrogen (secondary N) is 1. The van der Waals surface area contributed by atoms with E-state index in [9.17, 15) is 26.7 Å². The van der Waals surface area contributed by atoms with E-state index in [0.29, 0.717) is 11.1 Å². The number of carbonyl (C=O) groups excluding carboxylic acids is 1. The molecule has 0 aliphatic heterocycles. The number of hydrogen-bond donors (Lipinski definition) is 2. The smallest absolute Gasteiger partial charge is 0.245 e. The highest BCUT2D eigenvalue weighted by Gasteiger charge is 2.27. The molecule has 156 valence electrons. The van der Waals surface area contributed by atoms with Gasteiger partial charge in [0.1, 0.15) is 5.75 Å². The largest absolute Gasteiger partial charge is 0.508 e. The Morgan fingerprint density at radius 3 is 2.34 bits per heavy atom. The standard InChI is InChI=1S/C17H18ClN3O6S2/c1-28(24,25)21(29(2,26)27)14-7-6-13(16(18)10-14)11-19-20-17(23)9-12-4-3-5-15(22)8-12/h3-8,10-11,22H,9H2,1-2H3,(H,20,23)/b19-11+. The maximum Gasteiger partial charge on any atom is 0.245 e. The van der Waals surface area contributed by atoms with E-state index in [1.807, 2.05) is 0 Å². The molecule has 0 aliphatic rings. The Morgan fingerprint density at radius 2 is 1.79 bits per heavy atom. The minimum absolute atomic E-state index is 0.00388. The van der Waals surface area contributed by atoms with Gasteiger partial charge in [0, 0.05) is 5.56 Å². The van der Waals surface area contributed by atoms with Crippen LogP contribution in [0.3, 0.4) is 0 Å². The quantitative estimate of drug-likeness (QED) is 0.475. The van der Waals surface area contributed by atoms with Gasteiger partial charge in [-0.15, -0.1) is 0 Å². The molecule has 0 aromatic heterocycles. The Bertz CT molecular complexity index is 1130. The van der Waals surface area contributed by atoms with Crippen LogP contribution in [0.4, 0.5) is 5.69 Å². The molecule has 0 bridgehead atoms. The lowest BCUT2D eigenvalue weighted by atomic mass is 10.1. The normalized spacial score (nSPS) is 12.1. The van der Waals surface area contributed by atoms with Crippen molar-refractivity contribution >= 4 is 49.5 Å². The lowest BCUT2D eigenvalue weighted by Gasteiger charge is -2.20. The highest BCUT2D eigenvalue weighted by Crippen LogP contribution is 2.26. The summed E-state index contributed by atoms with van der Waals surface area (Å²) in [4.78, 5) is 11.9. The predicted molar refractivity (Wildman–Crippen MR) is 111 cm³/mol. The fourth-order valence-electron chi connectivity index (χ4n) is 2.43. The number of halogens is 1. The monoisotopic (exact) mass is 459 g/mol. The Balaban J connectivity index is 2.13. The zero-order valence-electron chi connectivity index (χ0n) is 15.4. The Morgan fingerprint density at radius 1 is 1.14 bits per heavy atom. The SMILES string of the molecule is CS(=O)(=O)N(c1ccc(/C=N/NC(=O)Cc2cccc(O)c2)c(Cl)c1)S(C)(=O)=O. The topological polar surface area (TPSA) is 133 Å². The summed E-state index contributed by atoms with van der Waals surface area (Å²) < 4.78 is 47.5. The first-order chi connectivity index (χ1) is 13.4. The van der Waals surface area contributed by atoms with Gasteiger partial charge in [-0.25, -0.2) is 22.3 Å². The summed E-state index contributed by atoms with van der Waals surface area (Å²) in [5.41, 5.74) is 3.08. The summed E-state index contributed by atoms with van der Waals surface area (Å²) >= 11 is 6.09. The molecule has 2 rings (SSSR count). The molecule has 0 atom stereocenters. The molecular weight excluding hydrogens is 442 g/mol. The Kier molecular flexibility index (Phi) is 6.88. The van der Waals surface area contributed by atoms with Gasteiger partial charge in [-0.1, -0.05) is 23.7 Å². The molecule has 2 aromatic rings. The first-order valence-electron chi connectivity index (χ1n) is 7.98. The van der Waals surface area contributed by atoms with Crippen LogP contribution in [0.25, 0.3) is 0 Å². The number of benzene rings is 2. The van der Waals surface area contributed by atoms with Crippen molar-refractivity contribution in [2.24, 2.45) is 5.10 Å². The molecule has 0 saturated carbocycles. The maximum absolute atomic E-state index is 11.9. The van der Waals surface area contributed by atoms with E-state index in [-0.39, 0.29) is 26.6 Å². The van der Waals surface area contributed by atoms with Crippen LogP contribution >= 0.6 is 11.6 Å². The van der Waals surface area contributed by atoms with Crippen LogP contribution in [-0.4, -0.2) is 46.6 Å². The van der Waals surface area contributed by atoms with Gasteiger partial charge >= 0.3 is 0 Å². The van der Waals surface area contributed by atoms with Crippen LogP contribution in [0.2, 0.25) is 5.02 Å². The molecule has 0 saturated heterocycles. The summed E-state index contributed by atoms with van der Waals surface area (Å²) in [5, 5.41) is 13.2. The first-order valence-corrected chi connectivity index (χ1v) is 12.1. The number of anilines is 1. The van der Waals surface area contributed by atoms with E-state index >= 15 is 0 Å². The minimum Gasteiger partial charge on any atom is -0.508 e. The molecule has 0 unspecified atom stereocenters. The second-order valence-corrected chi connectivity index (χ2v) is 10.4. The number of sulfonamides is 2. The Labute approximate surface area is 173 Å². The van der Waals surface area contributed by atoms with Gasteiger partial charge in [0.15, 0.2) is 0 Å². The van der Waals surface area contributed by atoms with Crippen molar-refractivity contribution in [3.63, 3.8) is 0 Å². The molecular formula is C17H18ClN3O6S2.